The number of halogens is 2. The molecule has 1 atom stereocenters. The van der Waals surface area contributed by atoms with E-state index in [2.05, 4.69) is 25.7 Å². The molecule has 2 aromatic carbocycles. The Kier molecular flexibility index (Phi) is 5.31. The molecular formula is C22H18F2N6O3. The van der Waals surface area contributed by atoms with Crippen LogP contribution in [0, 0.1) is 11.6 Å². The van der Waals surface area contributed by atoms with E-state index in [4.69, 9.17) is 9.84 Å². The first-order valence-corrected chi connectivity index (χ1v) is 10.1. The minimum Gasteiger partial charge on any atom is -0.441 e. The van der Waals surface area contributed by atoms with Crippen LogP contribution < -0.4 is 10.2 Å². The van der Waals surface area contributed by atoms with Crippen LogP contribution in [0.3, 0.4) is 0 Å². The zero-order valence-corrected chi connectivity index (χ0v) is 17.1. The number of hydrogen-bond acceptors (Lipinski definition) is 7. The Hall–Kier alpha value is -4.12. The number of rotatable bonds is 6. The maximum Gasteiger partial charge on any atom is 0.414 e. The first kappa shape index (κ1) is 20.8. The van der Waals surface area contributed by atoms with E-state index in [0.29, 0.717) is 34.7 Å². The molecule has 1 aliphatic heterocycles. The predicted octanol–water partition coefficient (Wildman–Crippen LogP) is 3.23. The lowest BCUT2D eigenvalue weighted by atomic mass is 10.0. The third-order valence-corrected chi connectivity index (χ3v) is 5.34. The average molecular weight is 452 g/mol. The van der Waals surface area contributed by atoms with Gasteiger partial charge in [0.15, 0.2) is 0 Å². The molecule has 1 aliphatic rings. The number of carbonyl (C=O) groups excluding carboxylic acids is 1. The number of aliphatic hydroxyl groups is 1. The lowest BCUT2D eigenvalue weighted by Gasteiger charge is -2.14. The molecule has 0 aliphatic carbocycles. The molecule has 2 aromatic heterocycles. The van der Waals surface area contributed by atoms with Crippen LogP contribution in [0.5, 0.6) is 0 Å². The van der Waals surface area contributed by atoms with Gasteiger partial charge in [0.25, 0.3) is 0 Å². The van der Waals surface area contributed by atoms with E-state index < -0.39 is 23.8 Å². The van der Waals surface area contributed by atoms with Crippen molar-refractivity contribution in [2.45, 2.75) is 12.6 Å². The Morgan fingerprint density at radius 3 is 2.79 bits per heavy atom. The zero-order chi connectivity index (χ0) is 22.9. The summed E-state index contributed by atoms with van der Waals surface area (Å²) in [6.07, 6.45) is 1.73. The Morgan fingerprint density at radius 1 is 1.18 bits per heavy atom. The quantitative estimate of drug-likeness (QED) is 0.411. The van der Waals surface area contributed by atoms with Gasteiger partial charge in [-0.2, -0.15) is 15.4 Å². The van der Waals surface area contributed by atoms with Gasteiger partial charge in [-0.25, -0.2) is 13.6 Å². The summed E-state index contributed by atoms with van der Waals surface area (Å²) in [6, 6.07) is 8.83. The van der Waals surface area contributed by atoms with Crippen molar-refractivity contribution in [1.29, 1.82) is 0 Å². The molecule has 0 bridgehead atoms. The first-order chi connectivity index (χ1) is 16.0. The molecule has 0 spiro atoms. The van der Waals surface area contributed by atoms with E-state index in [0.717, 1.165) is 0 Å². The summed E-state index contributed by atoms with van der Waals surface area (Å²) in [5, 5.41) is 22.6. The molecule has 3 heterocycles. The van der Waals surface area contributed by atoms with Gasteiger partial charge in [0.2, 0.25) is 0 Å². The summed E-state index contributed by atoms with van der Waals surface area (Å²) < 4.78 is 34.7. The zero-order valence-electron chi connectivity index (χ0n) is 17.1. The fourth-order valence-corrected chi connectivity index (χ4v) is 3.67. The number of aliphatic hydroxyl groups excluding tert-OH is 1. The smallest absolute Gasteiger partial charge is 0.414 e. The highest BCUT2D eigenvalue weighted by atomic mass is 19.1. The predicted molar refractivity (Wildman–Crippen MR) is 116 cm³/mol. The minimum atomic E-state index is -0.650. The molecule has 11 heteroatoms. The van der Waals surface area contributed by atoms with Gasteiger partial charge in [-0.05, 0) is 36.4 Å². The molecule has 1 saturated heterocycles. The number of nitrogens with zero attached hydrogens (tertiary/aromatic N) is 4. The van der Waals surface area contributed by atoms with Gasteiger partial charge >= 0.3 is 6.09 Å². The number of aromatic nitrogens is 4. The lowest BCUT2D eigenvalue weighted by molar-refractivity contribution is 0.0963. The van der Waals surface area contributed by atoms with E-state index in [1.165, 1.54) is 35.4 Å². The second kappa shape index (κ2) is 8.43. The lowest BCUT2D eigenvalue weighted by Crippen LogP contribution is -2.25. The van der Waals surface area contributed by atoms with Crippen LogP contribution in [0.4, 0.5) is 25.0 Å². The highest BCUT2D eigenvalue weighted by Gasteiger charge is 2.32. The molecule has 1 amide bonds. The number of fused-ring (bicyclic) bond motifs is 1. The van der Waals surface area contributed by atoms with E-state index in [1.54, 1.807) is 18.3 Å². The van der Waals surface area contributed by atoms with Gasteiger partial charge in [0, 0.05) is 28.4 Å². The fourth-order valence-electron chi connectivity index (χ4n) is 3.67. The number of amides is 1. The summed E-state index contributed by atoms with van der Waals surface area (Å²) >= 11 is 0. The van der Waals surface area contributed by atoms with Crippen molar-refractivity contribution in [1.82, 2.24) is 20.4 Å². The number of carbonyl (C=O) groups is 1. The molecular weight excluding hydrogens is 434 g/mol. The van der Waals surface area contributed by atoms with Crippen molar-refractivity contribution in [3.63, 3.8) is 0 Å². The molecule has 33 heavy (non-hydrogen) atoms. The molecule has 0 radical (unpaired) electrons. The van der Waals surface area contributed by atoms with Crippen LogP contribution in [0.1, 0.15) is 5.69 Å². The van der Waals surface area contributed by atoms with Gasteiger partial charge in [-0.1, -0.05) is 0 Å². The molecule has 5 rings (SSSR count). The number of cyclic esters (lactones) is 1. The Labute approximate surface area is 186 Å². The number of anilines is 2. The van der Waals surface area contributed by atoms with Gasteiger partial charge in [0.1, 0.15) is 23.4 Å². The van der Waals surface area contributed by atoms with Crippen LogP contribution in [0.25, 0.3) is 22.0 Å². The number of benzene rings is 2. The monoisotopic (exact) mass is 452 g/mol. The van der Waals surface area contributed by atoms with Crippen LogP contribution >= 0.6 is 0 Å². The van der Waals surface area contributed by atoms with Crippen LogP contribution in [0.15, 0.2) is 48.8 Å². The van der Waals surface area contributed by atoms with E-state index in [9.17, 15) is 13.6 Å². The third kappa shape index (κ3) is 4.05. The Bertz CT molecular complexity index is 1330. The van der Waals surface area contributed by atoms with Crippen molar-refractivity contribution in [2.75, 3.05) is 23.4 Å². The number of pyridine rings is 1. The van der Waals surface area contributed by atoms with Crippen molar-refractivity contribution < 1.29 is 23.4 Å². The van der Waals surface area contributed by atoms with Gasteiger partial charge in [-0.3, -0.25) is 9.88 Å². The number of ether oxygens (including phenoxy) is 1. The van der Waals surface area contributed by atoms with Gasteiger partial charge in [0.05, 0.1) is 37.1 Å². The van der Waals surface area contributed by atoms with Crippen molar-refractivity contribution in [3.8, 4) is 11.1 Å². The number of aromatic amines is 1. The van der Waals surface area contributed by atoms with Crippen molar-refractivity contribution in [2.24, 2.45) is 0 Å². The van der Waals surface area contributed by atoms with Crippen LogP contribution in [-0.4, -0.2) is 50.9 Å². The van der Waals surface area contributed by atoms with Crippen LogP contribution in [-0.2, 0) is 11.3 Å². The fraction of sp³-hybridized carbons (Fsp3) is 0.182. The second-order valence-electron chi connectivity index (χ2n) is 7.53. The molecule has 4 aromatic rings. The standard InChI is InChI=1S/C22H18F2N6O3/c23-19-4-13(25-8-14-9-27-29-28-14)5-21-18(19)3-12(7-26-21)17-2-1-15(6-20(17)24)30-10-16(11-31)33-22(30)32/h1-7,9,16,25,31H,8,10-11H2,(H,27,28,29). The number of nitrogens with one attached hydrogen (secondary N) is 2. The average Bonchev–Trinajstić information content (AvgIpc) is 3.47. The maximum absolute atomic E-state index is 14.9. The normalized spacial score (nSPS) is 15.8. The van der Waals surface area contributed by atoms with Crippen molar-refractivity contribution >= 4 is 28.4 Å². The number of hydrogen-bond donors (Lipinski definition) is 3. The van der Waals surface area contributed by atoms with Crippen LogP contribution in [0.2, 0.25) is 0 Å². The largest absolute Gasteiger partial charge is 0.441 e. The van der Waals surface area contributed by atoms with Crippen molar-refractivity contribution in [3.05, 3.63) is 66.1 Å². The number of H-pyrrole nitrogens is 1. The molecule has 9 nitrogen and oxygen atoms in total. The van der Waals surface area contributed by atoms with E-state index >= 15 is 0 Å². The molecule has 1 fully saturated rings. The van der Waals surface area contributed by atoms with Gasteiger partial charge in [-0.15, -0.1) is 0 Å². The molecule has 1 unspecified atom stereocenters. The summed E-state index contributed by atoms with van der Waals surface area (Å²) in [6.45, 7) is 0.180. The highest BCUT2D eigenvalue weighted by molar-refractivity contribution is 5.91. The Balaban J connectivity index is 1.41. The summed E-state index contributed by atoms with van der Waals surface area (Å²) in [5.41, 5.74) is 2.52. The Morgan fingerprint density at radius 2 is 2.06 bits per heavy atom. The van der Waals surface area contributed by atoms with E-state index in [-0.39, 0.29) is 24.1 Å². The summed E-state index contributed by atoms with van der Waals surface area (Å²) in [7, 11) is 0. The summed E-state index contributed by atoms with van der Waals surface area (Å²) in [4.78, 5) is 17.5. The minimum absolute atomic E-state index is 0.129. The van der Waals surface area contributed by atoms with E-state index in [1.807, 2.05) is 0 Å². The second-order valence-corrected chi connectivity index (χ2v) is 7.53. The summed E-state index contributed by atoms with van der Waals surface area (Å²) in [5.74, 6) is -1.10. The maximum atomic E-state index is 14.9. The molecule has 0 saturated carbocycles. The van der Waals surface area contributed by atoms with Gasteiger partial charge < -0.3 is 15.2 Å². The SMILES string of the molecule is O=C1OC(CO)CN1c1ccc(-c2cnc3cc(NCc4cn[nH]n4)cc(F)c3c2)c(F)c1. The topological polar surface area (TPSA) is 116 Å². The molecule has 168 valence electrons. The molecule has 3 N–H and O–H groups in total. The highest BCUT2D eigenvalue weighted by Crippen LogP contribution is 2.31. The third-order valence-electron chi connectivity index (χ3n) is 5.34. The first-order valence-electron chi connectivity index (χ1n) is 10.1.